The molecule has 3 N–H and O–H groups in total. The van der Waals surface area contributed by atoms with Gasteiger partial charge in [-0.1, -0.05) is 31.5 Å². The maximum absolute atomic E-state index is 12.2. The molecule has 1 aromatic carbocycles. The Morgan fingerprint density at radius 3 is 2.58 bits per heavy atom. The van der Waals surface area contributed by atoms with Crippen LogP contribution >= 0.6 is 22.9 Å². The van der Waals surface area contributed by atoms with Gasteiger partial charge in [-0.2, -0.15) is 0 Å². The Morgan fingerprint density at radius 2 is 1.94 bits per heavy atom. The van der Waals surface area contributed by atoms with Gasteiger partial charge in [0, 0.05) is 17.8 Å². The lowest BCUT2D eigenvalue weighted by molar-refractivity contribution is -0.0186. The first-order valence-corrected chi connectivity index (χ1v) is 11.5. The van der Waals surface area contributed by atoms with E-state index in [-0.39, 0.29) is 18.4 Å². The van der Waals surface area contributed by atoms with Crippen LogP contribution in [0.25, 0.3) is 11.1 Å². The van der Waals surface area contributed by atoms with E-state index in [1.54, 1.807) is 42.9 Å². The second-order valence-corrected chi connectivity index (χ2v) is 9.43. The van der Waals surface area contributed by atoms with Crippen molar-refractivity contribution in [1.29, 1.82) is 0 Å². The van der Waals surface area contributed by atoms with Crippen molar-refractivity contribution in [3.63, 3.8) is 0 Å². The average Bonchev–Trinajstić information content (AvgIpc) is 3.27. The number of nitrogens with two attached hydrogens (primary N) is 1. The summed E-state index contributed by atoms with van der Waals surface area (Å²) in [5, 5.41) is 5.22. The van der Waals surface area contributed by atoms with Crippen molar-refractivity contribution in [2.24, 2.45) is 11.7 Å². The zero-order valence-electron chi connectivity index (χ0n) is 18.5. The molecule has 0 bridgehead atoms. The van der Waals surface area contributed by atoms with Crippen molar-refractivity contribution >= 4 is 40.8 Å². The topological polar surface area (TPSA) is 116 Å². The number of aromatic nitrogens is 2. The monoisotopic (exact) mass is 488 g/mol. The van der Waals surface area contributed by atoms with E-state index in [1.165, 1.54) is 11.3 Å². The molecule has 8 nitrogen and oxygen atoms in total. The number of hydrogen-bond donors (Lipinski definition) is 2. The van der Waals surface area contributed by atoms with Gasteiger partial charge in [-0.25, -0.2) is 14.8 Å². The average molecular weight is 489 g/mol. The molecule has 0 fully saturated rings. The van der Waals surface area contributed by atoms with Gasteiger partial charge in [-0.3, -0.25) is 4.79 Å². The maximum Gasteiger partial charge on any atom is 0.405 e. The first-order valence-electron chi connectivity index (χ1n) is 10.2. The van der Waals surface area contributed by atoms with Crippen molar-refractivity contribution in [2.45, 2.75) is 32.8 Å². The van der Waals surface area contributed by atoms with Gasteiger partial charge in [0.15, 0.2) is 5.01 Å². The summed E-state index contributed by atoms with van der Waals surface area (Å²) in [6.07, 6.45) is 2.90. The van der Waals surface area contributed by atoms with Gasteiger partial charge in [0.2, 0.25) is 0 Å². The standard InChI is InChI=1S/C23H25ClN4O4S/c1-14(2)12-23(3,32-22(25)30)13-31-18-5-4-15(10-17(18)24)16-6-7-26-19(11-16)28-20(29)21-27-8-9-33-21/h4-11,14H,12-13H2,1-3H3,(H2,25,30)(H,26,28,29). The van der Waals surface area contributed by atoms with Gasteiger partial charge in [0.05, 0.1) is 5.02 Å². The fraction of sp³-hybridized carbons (Fsp3) is 0.304. The molecule has 0 aliphatic carbocycles. The largest absolute Gasteiger partial charge is 0.488 e. The summed E-state index contributed by atoms with van der Waals surface area (Å²) < 4.78 is 11.2. The Morgan fingerprint density at radius 1 is 1.18 bits per heavy atom. The normalized spacial score (nSPS) is 12.8. The molecule has 3 rings (SSSR count). The van der Waals surface area contributed by atoms with Gasteiger partial charge < -0.3 is 20.5 Å². The molecular weight excluding hydrogens is 464 g/mol. The number of pyridine rings is 1. The van der Waals surface area contributed by atoms with Gasteiger partial charge in [-0.05, 0) is 54.7 Å². The zero-order valence-corrected chi connectivity index (χ0v) is 20.1. The Kier molecular flexibility index (Phi) is 7.88. The van der Waals surface area contributed by atoms with Gasteiger partial charge in [0.25, 0.3) is 5.91 Å². The number of ether oxygens (including phenoxy) is 2. The number of nitrogens with one attached hydrogen (secondary N) is 1. The van der Waals surface area contributed by atoms with Crippen LogP contribution in [0, 0.1) is 5.92 Å². The number of hydrogen-bond acceptors (Lipinski definition) is 7. The van der Waals surface area contributed by atoms with Gasteiger partial charge in [0.1, 0.15) is 23.8 Å². The van der Waals surface area contributed by atoms with Crippen molar-refractivity contribution in [3.05, 3.63) is 58.1 Å². The molecule has 0 saturated heterocycles. The molecule has 1 unspecified atom stereocenters. The number of amides is 2. The predicted octanol–water partition coefficient (Wildman–Crippen LogP) is 5.39. The molecule has 174 valence electrons. The molecule has 0 spiro atoms. The summed E-state index contributed by atoms with van der Waals surface area (Å²) in [5.41, 5.74) is 5.98. The van der Waals surface area contributed by atoms with E-state index >= 15 is 0 Å². The second-order valence-electron chi connectivity index (χ2n) is 8.12. The maximum atomic E-state index is 12.2. The summed E-state index contributed by atoms with van der Waals surface area (Å²) in [6, 6.07) is 8.90. The number of primary amides is 1. The van der Waals surface area contributed by atoms with Crippen LogP contribution in [0.2, 0.25) is 5.02 Å². The van der Waals surface area contributed by atoms with Crippen molar-refractivity contribution in [1.82, 2.24) is 9.97 Å². The van der Waals surface area contributed by atoms with Crippen LogP contribution in [0.4, 0.5) is 10.6 Å². The number of rotatable bonds is 9. The van der Waals surface area contributed by atoms with Crippen molar-refractivity contribution in [3.8, 4) is 16.9 Å². The highest BCUT2D eigenvalue weighted by atomic mass is 35.5. The first-order chi connectivity index (χ1) is 15.6. The summed E-state index contributed by atoms with van der Waals surface area (Å²) >= 11 is 7.71. The van der Waals surface area contributed by atoms with Crippen LogP contribution in [0.15, 0.2) is 48.1 Å². The van der Waals surface area contributed by atoms with Crippen molar-refractivity contribution in [2.75, 3.05) is 11.9 Å². The number of carbonyl (C=O) groups is 2. The van der Waals surface area contributed by atoms with E-state index in [4.69, 9.17) is 26.8 Å². The fourth-order valence-electron chi connectivity index (χ4n) is 3.45. The van der Waals surface area contributed by atoms with Crippen LogP contribution in [-0.4, -0.2) is 34.2 Å². The van der Waals surface area contributed by atoms with E-state index in [0.29, 0.717) is 28.0 Å². The molecule has 0 radical (unpaired) electrons. The van der Waals surface area contributed by atoms with Crippen LogP contribution in [0.5, 0.6) is 5.75 Å². The summed E-state index contributed by atoms with van der Waals surface area (Å²) in [7, 11) is 0. The Hall–Kier alpha value is -3.17. The highest BCUT2D eigenvalue weighted by Crippen LogP contribution is 2.32. The number of halogens is 1. The zero-order chi connectivity index (χ0) is 24.0. The minimum absolute atomic E-state index is 0.107. The lowest BCUT2D eigenvalue weighted by Crippen LogP contribution is -2.41. The Balaban J connectivity index is 1.72. The number of benzene rings is 1. The SMILES string of the molecule is CC(C)CC(C)(COc1ccc(-c2ccnc(NC(=O)c3nccs3)c2)cc1Cl)OC(N)=O. The lowest BCUT2D eigenvalue weighted by atomic mass is 9.95. The molecule has 0 aliphatic heterocycles. The highest BCUT2D eigenvalue weighted by Gasteiger charge is 2.30. The van der Waals surface area contributed by atoms with Gasteiger partial charge in [-0.15, -0.1) is 11.3 Å². The second kappa shape index (κ2) is 10.6. The summed E-state index contributed by atoms with van der Waals surface area (Å²) in [4.78, 5) is 31.7. The van der Waals surface area contributed by atoms with Crippen molar-refractivity contribution < 1.29 is 19.1 Å². The number of carbonyl (C=O) groups excluding carboxylic acids is 2. The highest BCUT2D eigenvalue weighted by molar-refractivity contribution is 7.11. The minimum Gasteiger partial charge on any atom is -0.488 e. The lowest BCUT2D eigenvalue weighted by Gasteiger charge is -2.30. The molecule has 33 heavy (non-hydrogen) atoms. The smallest absolute Gasteiger partial charge is 0.405 e. The van der Waals surface area contributed by atoms with E-state index in [1.807, 2.05) is 26.0 Å². The predicted molar refractivity (Wildman–Crippen MR) is 129 cm³/mol. The number of nitrogens with zero attached hydrogens (tertiary/aromatic N) is 2. The van der Waals surface area contributed by atoms with Gasteiger partial charge >= 0.3 is 6.09 Å². The molecule has 1 atom stereocenters. The van der Waals surface area contributed by atoms with E-state index in [9.17, 15) is 9.59 Å². The molecule has 3 aromatic rings. The molecule has 2 heterocycles. The molecule has 2 amide bonds. The van der Waals surface area contributed by atoms with Crippen LogP contribution in [0.3, 0.4) is 0 Å². The Bertz CT molecular complexity index is 1120. The first kappa shape index (κ1) is 24.5. The van der Waals surface area contributed by atoms with Crippen LogP contribution in [0.1, 0.15) is 37.0 Å². The third-order valence-electron chi connectivity index (χ3n) is 4.61. The number of anilines is 1. The molecular formula is C23H25ClN4O4S. The van der Waals surface area contributed by atoms with E-state index in [0.717, 1.165) is 11.1 Å². The molecule has 2 aromatic heterocycles. The van der Waals surface area contributed by atoms with Crippen LogP contribution < -0.4 is 15.8 Å². The summed E-state index contributed by atoms with van der Waals surface area (Å²) in [5.74, 6) is 0.804. The molecule has 0 aliphatic rings. The third-order valence-corrected chi connectivity index (χ3v) is 5.68. The Labute approximate surface area is 201 Å². The number of thiazole rings is 1. The third kappa shape index (κ3) is 6.90. The molecule has 0 saturated carbocycles. The summed E-state index contributed by atoms with van der Waals surface area (Å²) in [6.45, 7) is 5.92. The molecule has 10 heteroatoms. The van der Waals surface area contributed by atoms with E-state index < -0.39 is 11.7 Å². The van der Waals surface area contributed by atoms with Crippen LogP contribution in [-0.2, 0) is 4.74 Å². The van der Waals surface area contributed by atoms with E-state index in [2.05, 4.69) is 15.3 Å². The minimum atomic E-state index is -0.877. The quantitative estimate of drug-likeness (QED) is 0.417. The fourth-order valence-corrected chi connectivity index (χ4v) is 4.21.